The molecule has 0 fully saturated rings. The second-order valence-electron chi connectivity index (χ2n) is 4.81. The van der Waals surface area contributed by atoms with Gasteiger partial charge < -0.3 is 5.32 Å². The summed E-state index contributed by atoms with van der Waals surface area (Å²) < 4.78 is 1.98. The number of aromatic nitrogens is 2. The summed E-state index contributed by atoms with van der Waals surface area (Å²) in [5.74, 6) is 0. The van der Waals surface area contributed by atoms with Gasteiger partial charge in [0.05, 0.1) is 16.9 Å². The van der Waals surface area contributed by atoms with Crippen LogP contribution >= 0.6 is 11.6 Å². The fraction of sp³-hybridized carbons (Fsp3) is 0.643. The van der Waals surface area contributed by atoms with E-state index in [2.05, 4.69) is 44.2 Å². The van der Waals surface area contributed by atoms with E-state index in [-0.39, 0.29) is 0 Å². The van der Waals surface area contributed by atoms with Crippen LogP contribution in [0.3, 0.4) is 0 Å². The molecule has 1 N–H and O–H groups in total. The van der Waals surface area contributed by atoms with E-state index in [0.717, 1.165) is 30.2 Å². The van der Waals surface area contributed by atoms with Gasteiger partial charge in [-0.05, 0) is 52.3 Å². The molecule has 0 saturated heterocycles. The number of nitrogens with zero attached hydrogens (tertiary/aromatic N) is 2. The van der Waals surface area contributed by atoms with E-state index in [0.29, 0.717) is 6.04 Å². The normalized spacial score (nSPS) is 12.4. The van der Waals surface area contributed by atoms with Gasteiger partial charge in [-0.1, -0.05) is 24.6 Å². The van der Waals surface area contributed by atoms with E-state index in [1.54, 1.807) is 6.20 Å². The van der Waals surface area contributed by atoms with Crippen molar-refractivity contribution in [2.24, 2.45) is 0 Å². The fourth-order valence-electron chi connectivity index (χ4n) is 1.89. The van der Waals surface area contributed by atoms with Crippen LogP contribution in [0.2, 0.25) is 5.02 Å². The third-order valence-corrected chi connectivity index (χ3v) is 3.09. The summed E-state index contributed by atoms with van der Waals surface area (Å²) >= 11 is 6.21. The monoisotopic (exact) mass is 269 g/mol. The smallest absolute Gasteiger partial charge is 0.0862 e. The van der Waals surface area contributed by atoms with Crippen LogP contribution in [0, 0.1) is 0 Å². The van der Waals surface area contributed by atoms with Gasteiger partial charge in [0.1, 0.15) is 0 Å². The lowest BCUT2D eigenvalue weighted by Crippen LogP contribution is -2.15. The maximum atomic E-state index is 6.21. The first-order valence-electron chi connectivity index (χ1n) is 6.68. The van der Waals surface area contributed by atoms with Crippen LogP contribution < -0.4 is 5.32 Å². The highest BCUT2D eigenvalue weighted by atomic mass is 35.5. The molecule has 0 spiro atoms. The Morgan fingerprint density at radius 3 is 2.83 bits per heavy atom. The number of hydrogen-bond donors (Lipinski definition) is 1. The molecule has 1 rings (SSSR count). The highest BCUT2D eigenvalue weighted by molar-refractivity contribution is 6.32. The number of rotatable bonds is 7. The van der Waals surface area contributed by atoms with Gasteiger partial charge >= 0.3 is 0 Å². The van der Waals surface area contributed by atoms with Crippen molar-refractivity contribution in [2.75, 3.05) is 13.1 Å². The molecule has 0 saturated carbocycles. The van der Waals surface area contributed by atoms with Crippen LogP contribution in [0.25, 0.3) is 5.57 Å². The minimum absolute atomic E-state index is 0.328. The molecule has 1 aromatic heterocycles. The average Bonchev–Trinajstić information content (AvgIpc) is 2.71. The Morgan fingerprint density at radius 2 is 2.22 bits per heavy atom. The van der Waals surface area contributed by atoms with E-state index in [9.17, 15) is 0 Å². The van der Waals surface area contributed by atoms with Gasteiger partial charge in [-0.3, -0.25) is 4.68 Å². The van der Waals surface area contributed by atoms with Gasteiger partial charge in [-0.25, -0.2) is 0 Å². The predicted octanol–water partition coefficient (Wildman–Crippen LogP) is 3.91. The largest absolute Gasteiger partial charge is 0.316 e. The highest BCUT2D eigenvalue weighted by Gasteiger charge is 2.12. The lowest BCUT2D eigenvalue weighted by Gasteiger charge is -2.12. The van der Waals surface area contributed by atoms with Crippen molar-refractivity contribution in [3.05, 3.63) is 23.0 Å². The Bertz CT molecular complexity index is 394. The number of hydrogen-bond acceptors (Lipinski definition) is 2. The molecule has 0 aliphatic rings. The molecule has 1 heterocycles. The summed E-state index contributed by atoms with van der Waals surface area (Å²) in [4.78, 5) is 0. The maximum Gasteiger partial charge on any atom is 0.0862 e. The molecule has 3 nitrogen and oxygen atoms in total. The summed E-state index contributed by atoms with van der Waals surface area (Å²) in [6, 6.07) is 0.328. The van der Waals surface area contributed by atoms with E-state index in [1.165, 1.54) is 12.0 Å². The number of nitrogens with one attached hydrogen (secondary N) is 1. The summed E-state index contributed by atoms with van der Waals surface area (Å²) in [5, 5.41) is 8.45. The highest BCUT2D eigenvalue weighted by Crippen LogP contribution is 2.26. The molecule has 102 valence electrons. The minimum atomic E-state index is 0.328. The number of allylic oxidation sites excluding steroid dienone is 1. The standard InChI is InChI=1S/C14H24ClN3/c1-5-8-16-9-6-7-12(4)14-13(15)10-17-18(14)11(2)3/h7,10-11,16H,5-6,8-9H2,1-4H3/b12-7-. The Balaban J connectivity index is 2.68. The Labute approximate surface area is 115 Å². The van der Waals surface area contributed by atoms with Gasteiger partial charge in [0, 0.05) is 6.04 Å². The van der Waals surface area contributed by atoms with Crippen molar-refractivity contribution in [2.45, 2.75) is 46.6 Å². The molecular weight excluding hydrogens is 246 g/mol. The zero-order chi connectivity index (χ0) is 13.5. The second kappa shape index (κ2) is 7.59. The molecule has 18 heavy (non-hydrogen) atoms. The van der Waals surface area contributed by atoms with Gasteiger partial charge in [0.2, 0.25) is 0 Å². The quantitative estimate of drug-likeness (QED) is 0.761. The van der Waals surface area contributed by atoms with Crippen LogP contribution in [0.4, 0.5) is 0 Å². The first-order chi connectivity index (χ1) is 8.57. The summed E-state index contributed by atoms with van der Waals surface area (Å²) in [7, 11) is 0. The van der Waals surface area contributed by atoms with E-state index in [4.69, 9.17) is 11.6 Å². The minimum Gasteiger partial charge on any atom is -0.316 e. The van der Waals surface area contributed by atoms with Gasteiger partial charge in [0.25, 0.3) is 0 Å². The third-order valence-electron chi connectivity index (χ3n) is 2.81. The Hall–Kier alpha value is -0.800. The van der Waals surface area contributed by atoms with Gasteiger partial charge in [-0.15, -0.1) is 0 Å². The van der Waals surface area contributed by atoms with E-state index >= 15 is 0 Å². The molecule has 0 bridgehead atoms. The van der Waals surface area contributed by atoms with E-state index in [1.807, 2.05) is 4.68 Å². The fourth-order valence-corrected chi connectivity index (χ4v) is 2.17. The molecule has 0 unspecified atom stereocenters. The topological polar surface area (TPSA) is 29.9 Å². The summed E-state index contributed by atoms with van der Waals surface area (Å²) in [6.07, 6.45) is 6.15. The van der Waals surface area contributed by atoms with Crippen LogP contribution in [-0.2, 0) is 0 Å². The summed E-state index contributed by atoms with van der Waals surface area (Å²) in [5.41, 5.74) is 2.24. The Kier molecular flexibility index (Phi) is 6.44. The first-order valence-corrected chi connectivity index (χ1v) is 7.06. The molecule has 0 aliphatic carbocycles. The molecule has 0 aromatic carbocycles. The van der Waals surface area contributed by atoms with Crippen molar-refractivity contribution in [3.63, 3.8) is 0 Å². The van der Waals surface area contributed by atoms with Crippen LogP contribution in [0.1, 0.15) is 52.3 Å². The SMILES string of the molecule is CCCNCC/C=C(/C)c1c(Cl)cnn1C(C)C. The Morgan fingerprint density at radius 1 is 1.50 bits per heavy atom. The van der Waals surface area contributed by atoms with E-state index < -0.39 is 0 Å². The molecule has 0 aliphatic heterocycles. The average molecular weight is 270 g/mol. The predicted molar refractivity (Wildman–Crippen MR) is 79.1 cm³/mol. The lowest BCUT2D eigenvalue weighted by atomic mass is 10.1. The molecule has 1 aromatic rings. The zero-order valence-electron chi connectivity index (χ0n) is 11.8. The second-order valence-corrected chi connectivity index (χ2v) is 5.21. The summed E-state index contributed by atoms with van der Waals surface area (Å²) in [6.45, 7) is 10.6. The molecule has 0 atom stereocenters. The van der Waals surface area contributed by atoms with Crippen molar-refractivity contribution in [3.8, 4) is 0 Å². The van der Waals surface area contributed by atoms with Crippen molar-refractivity contribution >= 4 is 17.2 Å². The molecule has 0 amide bonds. The lowest BCUT2D eigenvalue weighted by molar-refractivity contribution is 0.527. The zero-order valence-corrected chi connectivity index (χ0v) is 12.6. The van der Waals surface area contributed by atoms with Gasteiger partial charge in [0.15, 0.2) is 0 Å². The molecule has 4 heteroatoms. The van der Waals surface area contributed by atoms with Crippen molar-refractivity contribution in [1.29, 1.82) is 0 Å². The number of halogens is 1. The first kappa shape index (κ1) is 15.3. The molecular formula is C14H24ClN3. The van der Waals surface area contributed by atoms with Gasteiger partial charge in [-0.2, -0.15) is 5.10 Å². The molecule has 0 radical (unpaired) electrons. The third kappa shape index (κ3) is 4.14. The van der Waals surface area contributed by atoms with Crippen LogP contribution in [0.5, 0.6) is 0 Å². The maximum absolute atomic E-state index is 6.21. The van der Waals surface area contributed by atoms with Crippen molar-refractivity contribution < 1.29 is 0 Å². The van der Waals surface area contributed by atoms with Crippen molar-refractivity contribution in [1.82, 2.24) is 15.1 Å². The van der Waals surface area contributed by atoms with Crippen LogP contribution in [0.15, 0.2) is 12.3 Å². The van der Waals surface area contributed by atoms with Crippen LogP contribution in [-0.4, -0.2) is 22.9 Å².